The Bertz CT molecular complexity index is 351. The number of hydrogen-bond acceptors (Lipinski definition) is 4. The van der Waals surface area contributed by atoms with Gasteiger partial charge in [-0.15, -0.1) is 0 Å². The third-order valence-electron chi connectivity index (χ3n) is 3.79. The lowest BCUT2D eigenvalue weighted by Crippen LogP contribution is -2.40. The minimum atomic E-state index is 0.625. The van der Waals surface area contributed by atoms with Crippen LogP contribution < -0.4 is 5.32 Å². The van der Waals surface area contributed by atoms with Crippen LogP contribution in [0.3, 0.4) is 0 Å². The molecule has 1 N–H and O–H groups in total. The number of aromatic nitrogens is 1. The molecule has 0 aliphatic carbocycles. The SMILES string of the molecule is CCN1CCCCC1Cc1ncc(CCNC)o1. The van der Waals surface area contributed by atoms with Crippen LogP contribution in [0.4, 0.5) is 0 Å². The zero-order valence-electron chi connectivity index (χ0n) is 11.6. The van der Waals surface area contributed by atoms with Crippen LogP contribution in [0.5, 0.6) is 0 Å². The fraction of sp³-hybridized carbons (Fsp3) is 0.786. The van der Waals surface area contributed by atoms with Crippen LogP contribution in [-0.2, 0) is 12.8 Å². The van der Waals surface area contributed by atoms with Crippen LogP contribution in [-0.4, -0.2) is 42.6 Å². The molecule has 1 fully saturated rings. The van der Waals surface area contributed by atoms with Crippen LogP contribution in [0.25, 0.3) is 0 Å². The number of oxazole rings is 1. The Kier molecular flexibility index (Phi) is 5.20. The maximum atomic E-state index is 5.80. The van der Waals surface area contributed by atoms with E-state index < -0.39 is 0 Å². The predicted octanol–water partition coefficient (Wildman–Crippen LogP) is 1.85. The average molecular weight is 251 g/mol. The molecule has 4 heteroatoms. The molecule has 102 valence electrons. The van der Waals surface area contributed by atoms with Crippen LogP contribution in [0.2, 0.25) is 0 Å². The molecule has 0 radical (unpaired) electrons. The Morgan fingerprint density at radius 1 is 1.50 bits per heavy atom. The van der Waals surface area contributed by atoms with Gasteiger partial charge in [0.2, 0.25) is 0 Å². The quantitative estimate of drug-likeness (QED) is 0.838. The molecule has 2 heterocycles. The second kappa shape index (κ2) is 6.90. The van der Waals surface area contributed by atoms with Gasteiger partial charge in [-0.2, -0.15) is 0 Å². The van der Waals surface area contributed by atoms with Gasteiger partial charge in [0.15, 0.2) is 5.89 Å². The van der Waals surface area contributed by atoms with Crippen LogP contribution in [0, 0.1) is 0 Å². The molecule has 1 aromatic rings. The standard InChI is InChI=1S/C14H25N3O/c1-3-17-9-5-4-6-12(17)10-14-16-11-13(18-14)7-8-15-2/h11-12,15H,3-10H2,1-2H3. The lowest BCUT2D eigenvalue weighted by atomic mass is 9.99. The fourth-order valence-corrected chi connectivity index (χ4v) is 2.72. The molecule has 1 aliphatic heterocycles. The molecular weight excluding hydrogens is 226 g/mol. The number of likely N-dealkylation sites (N-methyl/N-ethyl adjacent to an activating group) is 2. The molecule has 1 saturated heterocycles. The fourth-order valence-electron chi connectivity index (χ4n) is 2.72. The van der Waals surface area contributed by atoms with E-state index in [1.54, 1.807) is 0 Å². The van der Waals surface area contributed by atoms with E-state index in [2.05, 4.69) is 22.1 Å². The summed E-state index contributed by atoms with van der Waals surface area (Å²) < 4.78 is 5.80. The molecular formula is C14H25N3O. The first kappa shape index (κ1) is 13.6. The summed E-state index contributed by atoms with van der Waals surface area (Å²) >= 11 is 0. The minimum Gasteiger partial charge on any atom is -0.446 e. The topological polar surface area (TPSA) is 41.3 Å². The number of piperidine rings is 1. The molecule has 0 saturated carbocycles. The third kappa shape index (κ3) is 3.56. The summed E-state index contributed by atoms with van der Waals surface area (Å²) in [6.45, 7) is 5.55. The summed E-state index contributed by atoms with van der Waals surface area (Å²) in [5, 5.41) is 3.13. The van der Waals surface area contributed by atoms with E-state index in [-0.39, 0.29) is 0 Å². The van der Waals surface area contributed by atoms with Crippen molar-refractivity contribution in [2.24, 2.45) is 0 Å². The smallest absolute Gasteiger partial charge is 0.195 e. The number of hydrogen-bond donors (Lipinski definition) is 1. The molecule has 1 unspecified atom stereocenters. The van der Waals surface area contributed by atoms with E-state index in [9.17, 15) is 0 Å². The number of nitrogens with one attached hydrogen (secondary N) is 1. The summed E-state index contributed by atoms with van der Waals surface area (Å²) in [4.78, 5) is 6.97. The average Bonchev–Trinajstić information content (AvgIpc) is 2.84. The number of likely N-dealkylation sites (tertiary alicyclic amines) is 1. The summed E-state index contributed by atoms with van der Waals surface area (Å²) in [6, 6.07) is 0.625. The van der Waals surface area contributed by atoms with Crippen molar-refractivity contribution in [1.82, 2.24) is 15.2 Å². The van der Waals surface area contributed by atoms with Crippen LogP contribution >= 0.6 is 0 Å². The summed E-state index contributed by atoms with van der Waals surface area (Å²) in [6.07, 6.45) is 7.73. The first-order valence-corrected chi connectivity index (χ1v) is 7.15. The van der Waals surface area contributed by atoms with Crippen molar-refractivity contribution < 1.29 is 4.42 Å². The van der Waals surface area contributed by atoms with Crippen molar-refractivity contribution in [1.29, 1.82) is 0 Å². The van der Waals surface area contributed by atoms with Crippen LogP contribution in [0.15, 0.2) is 10.6 Å². The highest BCUT2D eigenvalue weighted by molar-refractivity contribution is 4.97. The van der Waals surface area contributed by atoms with Gasteiger partial charge in [0.1, 0.15) is 5.76 Å². The minimum absolute atomic E-state index is 0.625. The van der Waals surface area contributed by atoms with Crippen LogP contribution in [0.1, 0.15) is 37.8 Å². The predicted molar refractivity (Wildman–Crippen MR) is 72.7 cm³/mol. The molecule has 1 aliphatic rings. The highest BCUT2D eigenvalue weighted by Gasteiger charge is 2.22. The van der Waals surface area contributed by atoms with Crippen molar-refractivity contribution in [3.8, 4) is 0 Å². The molecule has 18 heavy (non-hydrogen) atoms. The van der Waals surface area contributed by atoms with Gasteiger partial charge >= 0.3 is 0 Å². The molecule has 0 amide bonds. The molecule has 0 spiro atoms. The second-order valence-corrected chi connectivity index (χ2v) is 5.06. The first-order chi connectivity index (χ1) is 8.83. The summed E-state index contributed by atoms with van der Waals surface area (Å²) in [7, 11) is 1.96. The van der Waals surface area contributed by atoms with Gasteiger partial charge < -0.3 is 14.6 Å². The third-order valence-corrected chi connectivity index (χ3v) is 3.79. The Balaban J connectivity index is 1.89. The molecule has 0 aromatic carbocycles. The highest BCUT2D eigenvalue weighted by Crippen LogP contribution is 2.20. The van der Waals surface area contributed by atoms with E-state index >= 15 is 0 Å². The van der Waals surface area contributed by atoms with Gasteiger partial charge in [-0.05, 0) is 33.0 Å². The maximum absolute atomic E-state index is 5.80. The molecule has 1 atom stereocenters. The zero-order chi connectivity index (χ0) is 12.8. The normalized spacial score (nSPS) is 21.3. The highest BCUT2D eigenvalue weighted by atomic mass is 16.4. The van der Waals surface area contributed by atoms with Gasteiger partial charge in [0, 0.05) is 25.4 Å². The van der Waals surface area contributed by atoms with Crippen molar-refractivity contribution >= 4 is 0 Å². The van der Waals surface area contributed by atoms with E-state index in [1.807, 2.05) is 13.2 Å². The van der Waals surface area contributed by atoms with Gasteiger partial charge in [-0.25, -0.2) is 4.98 Å². The Hall–Kier alpha value is -0.870. The van der Waals surface area contributed by atoms with E-state index in [1.165, 1.54) is 25.8 Å². The number of rotatable bonds is 6. The number of nitrogens with zero attached hydrogens (tertiary/aromatic N) is 2. The maximum Gasteiger partial charge on any atom is 0.195 e. The molecule has 0 bridgehead atoms. The molecule has 2 rings (SSSR count). The van der Waals surface area contributed by atoms with E-state index in [0.29, 0.717) is 6.04 Å². The largest absolute Gasteiger partial charge is 0.446 e. The zero-order valence-corrected chi connectivity index (χ0v) is 11.6. The van der Waals surface area contributed by atoms with Gasteiger partial charge in [0.05, 0.1) is 6.20 Å². The Morgan fingerprint density at radius 3 is 3.17 bits per heavy atom. The summed E-state index contributed by atoms with van der Waals surface area (Å²) in [5.41, 5.74) is 0. The van der Waals surface area contributed by atoms with Gasteiger partial charge in [-0.1, -0.05) is 13.3 Å². The van der Waals surface area contributed by atoms with Gasteiger partial charge in [-0.3, -0.25) is 0 Å². The molecule has 1 aromatic heterocycles. The lowest BCUT2D eigenvalue weighted by Gasteiger charge is -2.34. The molecule has 4 nitrogen and oxygen atoms in total. The Morgan fingerprint density at radius 2 is 2.39 bits per heavy atom. The van der Waals surface area contributed by atoms with Crippen molar-refractivity contribution in [3.63, 3.8) is 0 Å². The summed E-state index contributed by atoms with van der Waals surface area (Å²) in [5.74, 6) is 1.91. The first-order valence-electron chi connectivity index (χ1n) is 7.15. The lowest BCUT2D eigenvalue weighted by molar-refractivity contribution is 0.148. The van der Waals surface area contributed by atoms with Gasteiger partial charge in [0.25, 0.3) is 0 Å². The van der Waals surface area contributed by atoms with Crippen molar-refractivity contribution in [3.05, 3.63) is 17.8 Å². The second-order valence-electron chi connectivity index (χ2n) is 5.06. The Labute approximate surface area is 110 Å². The monoisotopic (exact) mass is 251 g/mol. The van der Waals surface area contributed by atoms with E-state index in [4.69, 9.17) is 4.42 Å². The van der Waals surface area contributed by atoms with E-state index in [0.717, 1.165) is 37.6 Å². The van der Waals surface area contributed by atoms with Crippen molar-refractivity contribution in [2.45, 2.75) is 45.1 Å². The van der Waals surface area contributed by atoms with Crippen molar-refractivity contribution in [2.75, 3.05) is 26.7 Å².